The Labute approximate surface area is 148 Å². The summed E-state index contributed by atoms with van der Waals surface area (Å²) < 4.78 is 1.95. The van der Waals surface area contributed by atoms with Gasteiger partial charge < -0.3 is 10.0 Å². The molecule has 0 aliphatic rings. The smallest absolute Gasteiger partial charge is 0.231 e. The monoisotopic (exact) mass is 344 g/mol. The second-order valence-corrected chi connectivity index (χ2v) is 5.68. The third-order valence-electron chi connectivity index (χ3n) is 4.00. The number of phenolic OH excluding ortho intramolecular Hbond substituents is 1. The van der Waals surface area contributed by atoms with E-state index >= 15 is 0 Å². The Balaban J connectivity index is 0.00000208. The maximum absolute atomic E-state index is 9.91. The fourth-order valence-electron chi connectivity index (χ4n) is 2.51. The SMILES string of the molecule is Cc1ccc(N(C)c2nnc(Cc3ccccc3O)n2C)cc1.Cl. The molecule has 0 bridgehead atoms. The summed E-state index contributed by atoms with van der Waals surface area (Å²) in [5.74, 6) is 1.85. The second kappa shape index (κ2) is 7.36. The zero-order valence-electron chi connectivity index (χ0n) is 14.0. The molecule has 0 saturated carbocycles. The number of hydrogen-bond donors (Lipinski definition) is 1. The first-order chi connectivity index (χ1) is 11.1. The van der Waals surface area contributed by atoms with Crippen LogP contribution in [0.2, 0.25) is 0 Å². The molecule has 0 saturated heterocycles. The van der Waals surface area contributed by atoms with E-state index in [1.807, 2.05) is 41.8 Å². The Bertz CT molecular complexity index is 814. The molecule has 24 heavy (non-hydrogen) atoms. The summed E-state index contributed by atoms with van der Waals surface area (Å²) in [4.78, 5) is 2.00. The van der Waals surface area contributed by atoms with Gasteiger partial charge in [0.2, 0.25) is 5.95 Å². The number of anilines is 2. The van der Waals surface area contributed by atoms with Crippen molar-refractivity contribution in [3.8, 4) is 5.75 Å². The van der Waals surface area contributed by atoms with E-state index in [9.17, 15) is 5.11 Å². The molecule has 6 heteroatoms. The third kappa shape index (κ3) is 3.51. The van der Waals surface area contributed by atoms with Crippen LogP contribution in [0, 0.1) is 6.92 Å². The van der Waals surface area contributed by atoms with Gasteiger partial charge in [-0.25, -0.2) is 0 Å². The first-order valence-corrected chi connectivity index (χ1v) is 7.52. The number of halogens is 1. The number of para-hydroxylation sites is 1. The van der Waals surface area contributed by atoms with Crippen molar-refractivity contribution in [2.24, 2.45) is 7.05 Å². The normalized spacial score (nSPS) is 10.3. The maximum Gasteiger partial charge on any atom is 0.231 e. The lowest BCUT2D eigenvalue weighted by Crippen LogP contribution is -2.15. The summed E-state index contributed by atoms with van der Waals surface area (Å²) in [5.41, 5.74) is 3.12. The predicted molar refractivity (Wildman–Crippen MR) is 98.4 cm³/mol. The van der Waals surface area contributed by atoms with Gasteiger partial charge in [-0.2, -0.15) is 0 Å². The van der Waals surface area contributed by atoms with E-state index < -0.39 is 0 Å². The topological polar surface area (TPSA) is 54.2 Å². The van der Waals surface area contributed by atoms with Crippen LogP contribution in [-0.2, 0) is 13.5 Å². The number of rotatable bonds is 4. The van der Waals surface area contributed by atoms with Crippen LogP contribution in [0.5, 0.6) is 5.75 Å². The molecule has 1 aromatic heterocycles. The minimum absolute atomic E-state index is 0. The Morgan fingerprint density at radius 2 is 1.71 bits per heavy atom. The van der Waals surface area contributed by atoms with E-state index in [4.69, 9.17) is 0 Å². The quantitative estimate of drug-likeness (QED) is 0.785. The maximum atomic E-state index is 9.91. The van der Waals surface area contributed by atoms with Crippen LogP contribution in [0.1, 0.15) is 17.0 Å². The van der Waals surface area contributed by atoms with Crippen molar-refractivity contribution in [3.63, 3.8) is 0 Å². The second-order valence-electron chi connectivity index (χ2n) is 5.68. The Hall–Kier alpha value is -2.53. The lowest BCUT2D eigenvalue weighted by atomic mass is 10.1. The van der Waals surface area contributed by atoms with Crippen molar-refractivity contribution in [1.29, 1.82) is 0 Å². The van der Waals surface area contributed by atoms with Crippen LogP contribution in [0.15, 0.2) is 48.5 Å². The minimum Gasteiger partial charge on any atom is -0.508 e. The van der Waals surface area contributed by atoms with Crippen LogP contribution in [0.25, 0.3) is 0 Å². The molecule has 5 nitrogen and oxygen atoms in total. The van der Waals surface area contributed by atoms with Crippen LogP contribution in [0.3, 0.4) is 0 Å². The predicted octanol–water partition coefficient (Wildman–Crippen LogP) is 3.61. The highest BCUT2D eigenvalue weighted by molar-refractivity contribution is 5.85. The Morgan fingerprint density at radius 1 is 1.04 bits per heavy atom. The average molecular weight is 345 g/mol. The lowest BCUT2D eigenvalue weighted by molar-refractivity contribution is 0.468. The molecule has 0 fully saturated rings. The number of benzene rings is 2. The number of aromatic nitrogens is 3. The minimum atomic E-state index is 0. The molecule has 0 spiro atoms. The summed E-state index contributed by atoms with van der Waals surface area (Å²) in [6, 6.07) is 15.6. The zero-order chi connectivity index (χ0) is 16.4. The number of aryl methyl sites for hydroxylation is 1. The van der Waals surface area contributed by atoms with Crippen molar-refractivity contribution in [2.75, 3.05) is 11.9 Å². The van der Waals surface area contributed by atoms with Crippen molar-refractivity contribution in [2.45, 2.75) is 13.3 Å². The molecule has 0 aliphatic heterocycles. The molecular weight excluding hydrogens is 324 g/mol. The van der Waals surface area contributed by atoms with Gasteiger partial charge in [-0.3, -0.25) is 4.57 Å². The van der Waals surface area contributed by atoms with Gasteiger partial charge in [0, 0.05) is 31.8 Å². The third-order valence-corrected chi connectivity index (χ3v) is 4.00. The van der Waals surface area contributed by atoms with Gasteiger partial charge in [-0.15, -0.1) is 22.6 Å². The molecule has 126 valence electrons. The fraction of sp³-hybridized carbons (Fsp3) is 0.222. The molecule has 0 amide bonds. The van der Waals surface area contributed by atoms with Crippen LogP contribution in [-0.4, -0.2) is 26.9 Å². The van der Waals surface area contributed by atoms with Gasteiger partial charge in [-0.05, 0) is 25.1 Å². The van der Waals surface area contributed by atoms with E-state index in [2.05, 4.69) is 41.4 Å². The number of phenols is 1. The summed E-state index contributed by atoms with van der Waals surface area (Å²) in [6.07, 6.45) is 0.540. The van der Waals surface area contributed by atoms with E-state index in [1.165, 1.54) is 5.56 Å². The molecule has 3 aromatic rings. The summed E-state index contributed by atoms with van der Waals surface area (Å²) in [5, 5.41) is 18.5. The average Bonchev–Trinajstić information content (AvgIpc) is 2.91. The van der Waals surface area contributed by atoms with Gasteiger partial charge in [0.25, 0.3) is 0 Å². The number of aromatic hydroxyl groups is 1. The molecule has 0 radical (unpaired) electrons. The first kappa shape index (κ1) is 17.8. The molecule has 3 rings (SSSR count). The number of nitrogens with zero attached hydrogens (tertiary/aromatic N) is 4. The summed E-state index contributed by atoms with van der Waals surface area (Å²) >= 11 is 0. The van der Waals surface area contributed by atoms with E-state index in [1.54, 1.807) is 6.07 Å². The molecule has 0 aliphatic carbocycles. The largest absolute Gasteiger partial charge is 0.508 e. The molecule has 1 N–H and O–H groups in total. The number of hydrogen-bond acceptors (Lipinski definition) is 4. The van der Waals surface area contributed by atoms with Crippen molar-refractivity contribution in [1.82, 2.24) is 14.8 Å². The van der Waals surface area contributed by atoms with E-state index in [0.29, 0.717) is 6.42 Å². The lowest BCUT2D eigenvalue weighted by Gasteiger charge is -2.18. The van der Waals surface area contributed by atoms with Crippen LogP contribution in [0.4, 0.5) is 11.6 Å². The zero-order valence-corrected chi connectivity index (χ0v) is 14.8. The van der Waals surface area contributed by atoms with Gasteiger partial charge in [0.15, 0.2) is 0 Å². The van der Waals surface area contributed by atoms with Crippen LogP contribution >= 0.6 is 12.4 Å². The highest BCUT2D eigenvalue weighted by atomic mass is 35.5. The molecule has 2 aromatic carbocycles. The molecule has 1 heterocycles. The Morgan fingerprint density at radius 3 is 2.38 bits per heavy atom. The fourth-order valence-corrected chi connectivity index (χ4v) is 2.51. The molecule has 0 unspecified atom stereocenters. The summed E-state index contributed by atoms with van der Waals surface area (Å²) in [6.45, 7) is 2.07. The molecule has 0 atom stereocenters. The van der Waals surface area contributed by atoms with Gasteiger partial charge in [0.05, 0.1) is 0 Å². The van der Waals surface area contributed by atoms with Crippen molar-refractivity contribution < 1.29 is 5.11 Å². The van der Waals surface area contributed by atoms with Gasteiger partial charge >= 0.3 is 0 Å². The van der Waals surface area contributed by atoms with E-state index in [0.717, 1.165) is 23.0 Å². The van der Waals surface area contributed by atoms with Crippen LogP contribution < -0.4 is 4.90 Å². The first-order valence-electron chi connectivity index (χ1n) is 7.52. The standard InChI is InChI=1S/C18H20N4O.ClH/c1-13-8-10-15(11-9-13)21(2)18-20-19-17(22(18)3)12-14-6-4-5-7-16(14)23;/h4-11,23H,12H2,1-3H3;1H. The highest BCUT2D eigenvalue weighted by Crippen LogP contribution is 2.24. The Kier molecular flexibility index (Phi) is 5.46. The van der Waals surface area contributed by atoms with Gasteiger partial charge in [0.1, 0.15) is 11.6 Å². The highest BCUT2D eigenvalue weighted by Gasteiger charge is 2.15. The molecular formula is C18H21ClN4O. The van der Waals surface area contributed by atoms with E-state index in [-0.39, 0.29) is 18.2 Å². The van der Waals surface area contributed by atoms with Crippen molar-refractivity contribution in [3.05, 3.63) is 65.5 Å². The van der Waals surface area contributed by atoms with Gasteiger partial charge in [-0.1, -0.05) is 35.9 Å². The summed E-state index contributed by atoms with van der Waals surface area (Å²) in [7, 11) is 3.91. The van der Waals surface area contributed by atoms with Crippen molar-refractivity contribution >= 4 is 24.0 Å².